The van der Waals surface area contributed by atoms with E-state index in [0.717, 1.165) is 16.5 Å². The van der Waals surface area contributed by atoms with Crippen LogP contribution in [0.4, 0.5) is 0 Å². The lowest BCUT2D eigenvalue weighted by Gasteiger charge is -2.14. The molecule has 0 saturated heterocycles. The molecule has 0 amide bonds. The average molecular weight is 324 g/mol. The predicted octanol–water partition coefficient (Wildman–Crippen LogP) is 3.34. The van der Waals surface area contributed by atoms with Gasteiger partial charge in [-0.2, -0.15) is 0 Å². The molecule has 0 bridgehead atoms. The highest BCUT2D eigenvalue weighted by atomic mass is 35.5. The van der Waals surface area contributed by atoms with Crippen molar-refractivity contribution in [2.45, 2.75) is 26.7 Å². The molecular weight excluding hydrogens is 306 g/mol. The fraction of sp³-hybridized carbons (Fsp3) is 0.375. The number of benzene rings is 1. The van der Waals surface area contributed by atoms with Crippen LogP contribution in [0.1, 0.15) is 31.0 Å². The molecule has 0 saturated carbocycles. The number of rotatable bonds is 5. The lowest BCUT2D eigenvalue weighted by atomic mass is 10.0. The highest BCUT2D eigenvalue weighted by Gasteiger charge is 2.34. The van der Waals surface area contributed by atoms with Crippen LogP contribution in [0.5, 0.6) is 0 Å². The predicted molar refractivity (Wildman–Crippen MR) is 84.1 cm³/mol. The summed E-state index contributed by atoms with van der Waals surface area (Å²) in [4.78, 5) is 27.5. The summed E-state index contributed by atoms with van der Waals surface area (Å²) in [5, 5.41) is 1.47. The van der Waals surface area contributed by atoms with Crippen molar-refractivity contribution in [3.8, 4) is 0 Å². The molecule has 1 aromatic carbocycles. The fourth-order valence-corrected chi connectivity index (χ4v) is 2.57. The lowest BCUT2D eigenvalue weighted by molar-refractivity contribution is -0.157. The van der Waals surface area contributed by atoms with Gasteiger partial charge in [0.05, 0.1) is 13.2 Å². The molecular formula is C16H18ClNO4. The van der Waals surface area contributed by atoms with Gasteiger partial charge in [0.15, 0.2) is 5.92 Å². The number of carbonyl (C=O) groups excluding carboxylic acids is 2. The van der Waals surface area contributed by atoms with E-state index in [1.165, 1.54) is 0 Å². The molecule has 1 aromatic heterocycles. The zero-order valence-corrected chi connectivity index (χ0v) is 13.5. The second-order valence-corrected chi connectivity index (χ2v) is 5.23. The second kappa shape index (κ2) is 6.83. The molecule has 5 nitrogen and oxygen atoms in total. The van der Waals surface area contributed by atoms with E-state index in [9.17, 15) is 9.59 Å². The number of nitrogens with one attached hydrogen (secondary N) is 1. The summed E-state index contributed by atoms with van der Waals surface area (Å²) in [6, 6.07) is 5.36. The van der Waals surface area contributed by atoms with Crippen LogP contribution >= 0.6 is 11.6 Å². The van der Waals surface area contributed by atoms with Crippen molar-refractivity contribution in [2.75, 3.05) is 13.2 Å². The van der Waals surface area contributed by atoms with Crippen LogP contribution in [0.15, 0.2) is 18.2 Å². The van der Waals surface area contributed by atoms with Crippen LogP contribution in [-0.2, 0) is 19.1 Å². The van der Waals surface area contributed by atoms with Gasteiger partial charge in [0.2, 0.25) is 0 Å². The monoisotopic (exact) mass is 323 g/mol. The first-order valence-electron chi connectivity index (χ1n) is 7.10. The Morgan fingerprint density at radius 2 is 1.77 bits per heavy atom. The van der Waals surface area contributed by atoms with E-state index in [4.69, 9.17) is 21.1 Å². The molecule has 0 aliphatic rings. The topological polar surface area (TPSA) is 68.4 Å². The van der Waals surface area contributed by atoms with Gasteiger partial charge in [-0.3, -0.25) is 9.59 Å². The van der Waals surface area contributed by atoms with E-state index in [0.29, 0.717) is 10.7 Å². The van der Waals surface area contributed by atoms with Crippen molar-refractivity contribution in [3.63, 3.8) is 0 Å². The van der Waals surface area contributed by atoms with Gasteiger partial charge in [0.1, 0.15) is 0 Å². The maximum atomic E-state index is 12.2. The molecule has 0 atom stereocenters. The van der Waals surface area contributed by atoms with Gasteiger partial charge < -0.3 is 14.5 Å². The van der Waals surface area contributed by atoms with E-state index in [-0.39, 0.29) is 13.2 Å². The Morgan fingerprint density at radius 3 is 2.32 bits per heavy atom. The van der Waals surface area contributed by atoms with Gasteiger partial charge in [0.25, 0.3) is 0 Å². The van der Waals surface area contributed by atoms with Crippen molar-refractivity contribution in [1.29, 1.82) is 0 Å². The lowest BCUT2D eigenvalue weighted by Crippen LogP contribution is -2.27. The van der Waals surface area contributed by atoms with Crippen LogP contribution < -0.4 is 0 Å². The molecule has 2 rings (SSSR count). The molecule has 118 valence electrons. The van der Waals surface area contributed by atoms with E-state index < -0.39 is 17.9 Å². The van der Waals surface area contributed by atoms with E-state index in [1.807, 2.05) is 13.0 Å². The highest BCUT2D eigenvalue weighted by Crippen LogP contribution is 2.30. The fourth-order valence-electron chi connectivity index (χ4n) is 2.40. The third kappa shape index (κ3) is 3.09. The molecule has 0 radical (unpaired) electrons. The van der Waals surface area contributed by atoms with Crippen molar-refractivity contribution < 1.29 is 19.1 Å². The van der Waals surface area contributed by atoms with Gasteiger partial charge in [0, 0.05) is 21.6 Å². The number of fused-ring (bicyclic) bond motifs is 1. The van der Waals surface area contributed by atoms with Gasteiger partial charge in [-0.05, 0) is 38.5 Å². The van der Waals surface area contributed by atoms with Gasteiger partial charge in [-0.1, -0.05) is 17.7 Å². The summed E-state index contributed by atoms with van der Waals surface area (Å²) >= 11 is 5.98. The third-order valence-corrected chi connectivity index (χ3v) is 3.63. The number of carbonyl (C=O) groups is 2. The quantitative estimate of drug-likeness (QED) is 0.677. The maximum absolute atomic E-state index is 12.2. The summed E-state index contributed by atoms with van der Waals surface area (Å²) in [5.41, 5.74) is 2.05. The number of halogens is 1. The van der Waals surface area contributed by atoms with Crippen molar-refractivity contribution in [1.82, 2.24) is 4.98 Å². The molecule has 2 aromatic rings. The summed E-state index contributed by atoms with van der Waals surface area (Å²) in [5.74, 6) is -2.37. The van der Waals surface area contributed by atoms with Crippen LogP contribution in [-0.4, -0.2) is 30.1 Å². The standard InChI is InChI=1S/C16H18ClNO4/c1-4-21-15(19)13(16(20)22-5-2)14-9(3)11-7-6-10(17)8-12(11)18-14/h6-8,13,18H,4-5H2,1-3H3. The van der Waals surface area contributed by atoms with Crippen molar-refractivity contribution in [3.05, 3.63) is 34.5 Å². The van der Waals surface area contributed by atoms with Crippen molar-refractivity contribution in [2.24, 2.45) is 0 Å². The number of aryl methyl sites for hydroxylation is 1. The third-order valence-electron chi connectivity index (χ3n) is 3.39. The van der Waals surface area contributed by atoms with E-state index in [2.05, 4.69) is 4.98 Å². The maximum Gasteiger partial charge on any atom is 0.326 e. The Labute approximate surface area is 133 Å². The summed E-state index contributed by atoms with van der Waals surface area (Å²) in [6.45, 7) is 5.61. The molecule has 0 spiro atoms. The number of esters is 2. The molecule has 0 unspecified atom stereocenters. The van der Waals surface area contributed by atoms with Crippen LogP contribution in [0.25, 0.3) is 10.9 Å². The van der Waals surface area contributed by atoms with Crippen LogP contribution in [0, 0.1) is 6.92 Å². The normalized spacial score (nSPS) is 11.0. The second-order valence-electron chi connectivity index (χ2n) is 4.79. The first kappa shape index (κ1) is 16.4. The van der Waals surface area contributed by atoms with Crippen LogP contribution in [0.3, 0.4) is 0 Å². The molecule has 22 heavy (non-hydrogen) atoms. The Kier molecular flexibility index (Phi) is 5.08. The molecule has 0 aliphatic heterocycles. The Morgan fingerprint density at radius 1 is 1.18 bits per heavy atom. The van der Waals surface area contributed by atoms with E-state index in [1.54, 1.807) is 26.0 Å². The first-order chi connectivity index (χ1) is 10.5. The number of ether oxygens (including phenoxy) is 2. The minimum absolute atomic E-state index is 0.194. The number of H-pyrrole nitrogens is 1. The summed E-state index contributed by atoms with van der Waals surface area (Å²) < 4.78 is 10.0. The highest BCUT2D eigenvalue weighted by molar-refractivity contribution is 6.31. The smallest absolute Gasteiger partial charge is 0.326 e. The van der Waals surface area contributed by atoms with Crippen LogP contribution in [0.2, 0.25) is 5.02 Å². The zero-order valence-electron chi connectivity index (χ0n) is 12.7. The van der Waals surface area contributed by atoms with Gasteiger partial charge >= 0.3 is 11.9 Å². The van der Waals surface area contributed by atoms with Gasteiger partial charge in [-0.25, -0.2) is 0 Å². The minimum Gasteiger partial charge on any atom is -0.465 e. The molecule has 6 heteroatoms. The zero-order chi connectivity index (χ0) is 16.3. The first-order valence-corrected chi connectivity index (χ1v) is 7.48. The SMILES string of the molecule is CCOC(=O)C(C(=O)OCC)c1[nH]c2cc(Cl)ccc2c1C. The number of aromatic amines is 1. The number of aromatic nitrogens is 1. The van der Waals surface area contributed by atoms with E-state index >= 15 is 0 Å². The Hall–Kier alpha value is -2.01. The largest absolute Gasteiger partial charge is 0.465 e. The molecule has 1 heterocycles. The number of hydrogen-bond donors (Lipinski definition) is 1. The summed E-state index contributed by atoms with van der Waals surface area (Å²) in [6.07, 6.45) is 0. The minimum atomic E-state index is -1.12. The summed E-state index contributed by atoms with van der Waals surface area (Å²) in [7, 11) is 0. The molecule has 0 aliphatic carbocycles. The number of hydrogen-bond acceptors (Lipinski definition) is 4. The Bertz CT molecular complexity index is 689. The molecule has 1 N–H and O–H groups in total. The Balaban J connectivity index is 2.53. The van der Waals surface area contributed by atoms with Crippen molar-refractivity contribution >= 4 is 34.4 Å². The average Bonchev–Trinajstić information content (AvgIpc) is 2.76. The molecule has 0 fully saturated rings. The van der Waals surface area contributed by atoms with Gasteiger partial charge in [-0.15, -0.1) is 0 Å².